The summed E-state index contributed by atoms with van der Waals surface area (Å²) in [5, 5.41) is 0. The van der Waals surface area contributed by atoms with Crippen LogP contribution in [0, 0.1) is 13.8 Å². The molecule has 2 aromatic heterocycles. The summed E-state index contributed by atoms with van der Waals surface area (Å²) in [4.78, 5) is 19.3. The fraction of sp³-hybridized carbons (Fsp3) is 0.136. The molecule has 1 aliphatic heterocycles. The molecular formula is C22H18BrN3OS2. The molecule has 0 atom stereocenters. The zero-order chi connectivity index (χ0) is 20.5. The third-order valence-corrected chi connectivity index (χ3v) is 6.69. The van der Waals surface area contributed by atoms with Crippen LogP contribution in [-0.2, 0) is 11.3 Å². The van der Waals surface area contributed by atoms with Gasteiger partial charge in [0.1, 0.15) is 4.32 Å². The molecule has 0 aliphatic carbocycles. The first-order valence-corrected chi connectivity index (χ1v) is 11.0. The first-order valence-electron chi connectivity index (χ1n) is 9.03. The van der Waals surface area contributed by atoms with E-state index in [4.69, 9.17) is 12.2 Å². The summed E-state index contributed by atoms with van der Waals surface area (Å²) >= 11 is 10.3. The monoisotopic (exact) mass is 483 g/mol. The van der Waals surface area contributed by atoms with E-state index < -0.39 is 0 Å². The number of hydrogen-bond acceptors (Lipinski definition) is 4. The third kappa shape index (κ3) is 4.08. The van der Waals surface area contributed by atoms with Crippen LogP contribution in [0.5, 0.6) is 0 Å². The van der Waals surface area contributed by atoms with Crippen molar-refractivity contribution < 1.29 is 4.79 Å². The second kappa shape index (κ2) is 8.26. The van der Waals surface area contributed by atoms with Gasteiger partial charge in [-0.1, -0.05) is 46.0 Å². The molecule has 1 saturated heterocycles. The van der Waals surface area contributed by atoms with Crippen LogP contribution in [0.3, 0.4) is 0 Å². The summed E-state index contributed by atoms with van der Waals surface area (Å²) in [6, 6.07) is 14.1. The molecule has 29 heavy (non-hydrogen) atoms. The average Bonchev–Trinajstić information content (AvgIpc) is 3.13. The molecule has 0 radical (unpaired) electrons. The Bertz CT molecular complexity index is 1120. The van der Waals surface area contributed by atoms with Crippen molar-refractivity contribution in [3.05, 3.63) is 86.8 Å². The molecule has 1 aliphatic rings. The molecule has 0 saturated carbocycles. The molecule has 0 bridgehead atoms. The number of thioether (sulfide) groups is 1. The normalized spacial score (nSPS) is 15.6. The Kier molecular flexibility index (Phi) is 5.72. The molecule has 3 aromatic rings. The van der Waals surface area contributed by atoms with Crippen molar-refractivity contribution >= 4 is 56.2 Å². The van der Waals surface area contributed by atoms with Gasteiger partial charge < -0.3 is 4.57 Å². The van der Waals surface area contributed by atoms with Gasteiger partial charge in [0.2, 0.25) is 0 Å². The zero-order valence-electron chi connectivity index (χ0n) is 15.9. The van der Waals surface area contributed by atoms with Crippen molar-refractivity contribution in [2.45, 2.75) is 20.4 Å². The summed E-state index contributed by atoms with van der Waals surface area (Å²) in [5.41, 5.74) is 5.27. The average molecular weight is 484 g/mol. The number of carbonyl (C=O) groups excluding carboxylic acids is 1. The van der Waals surface area contributed by atoms with Gasteiger partial charge in [0.15, 0.2) is 0 Å². The van der Waals surface area contributed by atoms with E-state index in [1.165, 1.54) is 11.8 Å². The summed E-state index contributed by atoms with van der Waals surface area (Å²) in [7, 11) is 0. The van der Waals surface area contributed by atoms with Crippen molar-refractivity contribution in [3.8, 4) is 5.69 Å². The lowest BCUT2D eigenvalue weighted by Crippen LogP contribution is -2.27. The fourth-order valence-electron chi connectivity index (χ4n) is 3.37. The molecule has 1 aromatic carbocycles. The zero-order valence-corrected chi connectivity index (χ0v) is 19.1. The summed E-state index contributed by atoms with van der Waals surface area (Å²) in [5.74, 6) is -0.0581. The number of hydrogen-bond donors (Lipinski definition) is 0. The lowest BCUT2D eigenvalue weighted by Gasteiger charge is -2.13. The standard InChI is InChI=1S/C22H18BrN3OS2/c1-14-10-17(15(2)26(14)19-7-5-18(23)6-8-19)11-20-21(27)25(22(28)29-20)13-16-4-3-9-24-12-16/h3-12H,13H2,1-2H3/b20-11-. The van der Waals surface area contributed by atoms with Crippen LogP contribution >= 0.6 is 39.9 Å². The first kappa shape index (κ1) is 20.1. The number of pyridine rings is 1. The maximum Gasteiger partial charge on any atom is 0.266 e. The highest BCUT2D eigenvalue weighted by Crippen LogP contribution is 2.35. The van der Waals surface area contributed by atoms with Crippen LogP contribution in [0.1, 0.15) is 22.5 Å². The molecule has 4 rings (SSSR count). The predicted octanol–water partition coefficient (Wildman–Crippen LogP) is 5.65. The van der Waals surface area contributed by atoms with E-state index in [9.17, 15) is 4.79 Å². The quantitative estimate of drug-likeness (QED) is 0.354. The number of aryl methyl sites for hydroxylation is 1. The number of rotatable bonds is 4. The van der Waals surface area contributed by atoms with Crippen LogP contribution in [0.25, 0.3) is 11.8 Å². The van der Waals surface area contributed by atoms with E-state index in [1.54, 1.807) is 17.3 Å². The molecule has 0 spiro atoms. The highest BCUT2D eigenvalue weighted by molar-refractivity contribution is 9.10. The van der Waals surface area contributed by atoms with Gasteiger partial charge in [-0.15, -0.1) is 0 Å². The number of aromatic nitrogens is 2. The Morgan fingerprint density at radius 2 is 1.97 bits per heavy atom. The second-order valence-corrected chi connectivity index (χ2v) is 9.36. The molecular weight excluding hydrogens is 466 g/mol. The first-order chi connectivity index (χ1) is 13.9. The molecule has 146 valence electrons. The summed E-state index contributed by atoms with van der Waals surface area (Å²) in [6.07, 6.45) is 5.42. The Hall–Kier alpha value is -2.22. The van der Waals surface area contributed by atoms with E-state index in [1.807, 2.05) is 30.3 Å². The smallest absolute Gasteiger partial charge is 0.266 e. The predicted molar refractivity (Wildman–Crippen MR) is 126 cm³/mol. The van der Waals surface area contributed by atoms with E-state index in [-0.39, 0.29) is 5.91 Å². The van der Waals surface area contributed by atoms with E-state index in [0.29, 0.717) is 15.8 Å². The number of halogens is 1. The van der Waals surface area contributed by atoms with Crippen molar-refractivity contribution in [1.29, 1.82) is 0 Å². The van der Waals surface area contributed by atoms with Crippen LogP contribution in [0.4, 0.5) is 0 Å². The number of nitrogens with zero attached hydrogens (tertiary/aromatic N) is 3. The molecule has 1 fully saturated rings. The van der Waals surface area contributed by atoms with Gasteiger partial charge in [0.05, 0.1) is 11.4 Å². The molecule has 1 amide bonds. The Balaban J connectivity index is 1.63. The lowest BCUT2D eigenvalue weighted by atomic mass is 10.2. The van der Waals surface area contributed by atoms with Gasteiger partial charge in [-0.2, -0.15) is 0 Å². The van der Waals surface area contributed by atoms with Gasteiger partial charge in [-0.05, 0) is 67.4 Å². The molecule has 7 heteroatoms. The Morgan fingerprint density at radius 3 is 2.66 bits per heavy atom. The van der Waals surface area contributed by atoms with Crippen LogP contribution in [0.2, 0.25) is 0 Å². The van der Waals surface area contributed by atoms with Gasteiger partial charge >= 0.3 is 0 Å². The minimum absolute atomic E-state index is 0.0581. The van der Waals surface area contributed by atoms with Crippen molar-refractivity contribution in [3.63, 3.8) is 0 Å². The second-order valence-electron chi connectivity index (χ2n) is 6.77. The minimum Gasteiger partial charge on any atom is -0.318 e. The van der Waals surface area contributed by atoms with E-state index in [2.05, 4.69) is 57.5 Å². The summed E-state index contributed by atoms with van der Waals surface area (Å²) in [6.45, 7) is 4.57. The number of carbonyl (C=O) groups is 1. The molecule has 0 unspecified atom stereocenters. The van der Waals surface area contributed by atoms with E-state index >= 15 is 0 Å². The van der Waals surface area contributed by atoms with Crippen LogP contribution in [0.15, 0.2) is 64.2 Å². The van der Waals surface area contributed by atoms with E-state index in [0.717, 1.165) is 32.7 Å². The summed E-state index contributed by atoms with van der Waals surface area (Å²) < 4.78 is 3.81. The van der Waals surface area contributed by atoms with Gasteiger partial charge in [0, 0.05) is 33.9 Å². The Morgan fingerprint density at radius 1 is 1.21 bits per heavy atom. The van der Waals surface area contributed by atoms with Crippen LogP contribution < -0.4 is 0 Å². The Labute approximate surface area is 187 Å². The fourth-order valence-corrected chi connectivity index (χ4v) is 4.88. The maximum atomic E-state index is 13.0. The van der Waals surface area contributed by atoms with Crippen molar-refractivity contribution in [1.82, 2.24) is 14.5 Å². The van der Waals surface area contributed by atoms with Gasteiger partial charge in [0.25, 0.3) is 5.91 Å². The maximum absolute atomic E-state index is 13.0. The van der Waals surface area contributed by atoms with Gasteiger partial charge in [-0.3, -0.25) is 14.7 Å². The highest BCUT2D eigenvalue weighted by Gasteiger charge is 2.32. The minimum atomic E-state index is -0.0581. The topological polar surface area (TPSA) is 38.1 Å². The van der Waals surface area contributed by atoms with Crippen molar-refractivity contribution in [2.75, 3.05) is 0 Å². The SMILES string of the molecule is Cc1cc(/C=C2\SC(=S)N(Cc3cccnc3)C2=O)c(C)n1-c1ccc(Br)cc1. The van der Waals surface area contributed by atoms with Crippen LogP contribution in [-0.4, -0.2) is 24.7 Å². The highest BCUT2D eigenvalue weighted by atomic mass is 79.9. The largest absolute Gasteiger partial charge is 0.318 e. The molecule has 4 nitrogen and oxygen atoms in total. The van der Waals surface area contributed by atoms with Gasteiger partial charge in [-0.25, -0.2) is 0 Å². The lowest BCUT2D eigenvalue weighted by molar-refractivity contribution is -0.122. The molecule has 3 heterocycles. The number of thiocarbonyl (C=S) groups is 1. The third-order valence-electron chi connectivity index (χ3n) is 4.78. The van der Waals surface area contributed by atoms with Crippen molar-refractivity contribution in [2.24, 2.45) is 0 Å². The number of amides is 1. The number of benzene rings is 1. The molecule has 0 N–H and O–H groups in total.